The molecule has 1 aliphatic carbocycles. The van der Waals surface area contributed by atoms with E-state index in [0.29, 0.717) is 0 Å². The van der Waals surface area contributed by atoms with Gasteiger partial charge in [0.1, 0.15) is 18.2 Å². The van der Waals surface area contributed by atoms with Crippen molar-refractivity contribution in [3.8, 4) is 6.07 Å². The highest BCUT2D eigenvalue weighted by molar-refractivity contribution is 5.76. The number of nitrogens with one attached hydrogen (secondary N) is 1. The number of nitriles is 1. The summed E-state index contributed by atoms with van der Waals surface area (Å²) in [6.07, 6.45) is 2.99. The smallest absolute Gasteiger partial charge is 0.331 e. The number of nitrogens with zero attached hydrogens (tertiary/aromatic N) is 3. The lowest BCUT2D eigenvalue weighted by molar-refractivity contribution is -0.122. The molecule has 2 rings (SSSR count). The molecule has 1 N–H and O–H groups in total. The first-order chi connectivity index (χ1) is 10.3. The molecule has 0 aromatic carbocycles. The molecule has 118 valence electrons. The Bertz CT molecular complexity index is 735. The van der Waals surface area contributed by atoms with Crippen molar-refractivity contribution in [2.45, 2.75) is 52.2 Å². The number of amides is 1. The monoisotopic (exact) mass is 304 g/mol. The molecule has 1 aromatic rings. The second kappa shape index (κ2) is 6.18. The molecule has 7 heteroatoms. The predicted octanol–water partition coefficient (Wildman–Crippen LogP) is 0.377. The zero-order chi connectivity index (χ0) is 16.4. The number of hydrogen-bond acceptors (Lipinski definition) is 4. The minimum atomic E-state index is -0.711. The summed E-state index contributed by atoms with van der Waals surface area (Å²) < 4.78 is 2.23. The molecule has 1 heterocycles. The number of hydrogen-bond donors (Lipinski definition) is 1. The molecule has 22 heavy (non-hydrogen) atoms. The maximum absolute atomic E-state index is 12.3. The van der Waals surface area contributed by atoms with Crippen molar-refractivity contribution in [2.24, 2.45) is 5.92 Å². The summed E-state index contributed by atoms with van der Waals surface area (Å²) in [5.41, 5.74) is -1.35. The highest BCUT2D eigenvalue weighted by atomic mass is 16.2. The molecule has 0 spiro atoms. The van der Waals surface area contributed by atoms with Gasteiger partial charge in [-0.3, -0.25) is 14.2 Å². The van der Waals surface area contributed by atoms with E-state index >= 15 is 0 Å². The second-order valence-electron chi connectivity index (χ2n) is 6.07. The van der Waals surface area contributed by atoms with E-state index in [9.17, 15) is 14.4 Å². The molecule has 7 nitrogen and oxygen atoms in total. The molecular weight excluding hydrogens is 284 g/mol. The third-order valence-electron chi connectivity index (χ3n) is 3.95. The average Bonchev–Trinajstić information content (AvgIpc) is 3.28. The Morgan fingerprint density at radius 3 is 2.55 bits per heavy atom. The minimum absolute atomic E-state index is 0.0316. The molecule has 1 unspecified atom stereocenters. The van der Waals surface area contributed by atoms with Crippen molar-refractivity contribution in [2.75, 3.05) is 0 Å². The van der Waals surface area contributed by atoms with Crippen molar-refractivity contribution in [1.29, 1.82) is 5.26 Å². The molecule has 1 aromatic heterocycles. The molecule has 1 amide bonds. The van der Waals surface area contributed by atoms with Gasteiger partial charge in [0.25, 0.3) is 5.56 Å². The Balaban J connectivity index is 2.32. The Labute approximate surface area is 128 Å². The number of rotatable bonds is 5. The molecule has 1 fully saturated rings. The van der Waals surface area contributed by atoms with Crippen molar-refractivity contribution in [3.05, 3.63) is 32.6 Å². The third kappa shape index (κ3) is 3.27. The van der Waals surface area contributed by atoms with E-state index < -0.39 is 17.2 Å². The molecule has 0 radical (unpaired) electrons. The molecule has 1 saturated carbocycles. The van der Waals surface area contributed by atoms with Gasteiger partial charge in [0.05, 0.1) is 0 Å². The fourth-order valence-corrected chi connectivity index (χ4v) is 2.06. The van der Waals surface area contributed by atoms with E-state index in [1.54, 1.807) is 6.07 Å². The van der Waals surface area contributed by atoms with E-state index in [1.165, 1.54) is 10.8 Å². The van der Waals surface area contributed by atoms with Crippen LogP contribution in [-0.2, 0) is 11.3 Å². The first-order valence-corrected chi connectivity index (χ1v) is 7.40. The van der Waals surface area contributed by atoms with Crippen LogP contribution < -0.4 is 16.6 Å². The van der Waals surface area contributed by atoms with E-state index in [4.69, 9.17) is 5.26 Å². The summed E-state index contributed by atoms with van der Waals surface area (Å²) in [5, 5.41) is 11.8. The minimum Gasteiger partial charge on any atom is -0.352 e. The van der Waals surface area contributed by atoms with Crippen molar-refractivity contribution >= 4 is 5.91 Å². The fourth-order valence-electron chi connectivity index (χ4n) is 2.06. The van der Waals surface area contributed by atoms with Crippen LogP contribution >= 0.6 is 0 Å². The van der Waals surface area contributed by atoms with Crippen LogP contribution in [0.1, 0.15) is 45.2 Å². The lowest BCUT2D eigenvalue weighted by Gasteiger charge is -2.18. The standard InChI is InChI=1S/C15H20N4O3/c1-9(2)10(3)17-13(20)8-19-14(21)11(6-16)7-18(15(19)22)12-4-5-12/h7,9-10,12H,4-5,8H2,1-3H3,(H,17,20). The van der Waals surface area contributed by atoms with Gasteiger partial charge >= 0.3 is 5.69 Å². The molecule has 0 bridgehead atoms. The Hall–Kier alpha value is -2.36. The van der Waals surface area contributed by atoms with Gasteiger partial charge in [0, 0.05) is 18.3 Å². The molecule has 1 aliphatic rings. The molecule has 1 atom stereocenters. The van der Waals surface area contributed by atoms with Crippen LogP contribution in [0.2, 0.25) is 0 Å². The maximum Gasteiger partial charge on any atom is 0.331 e. The van der Waals surface area contributed by atoms with E-state index in [2.05, 4.69) is 5.32 Å². The first kappa shape index (κ1) is 16.0. The lowest BCUT2D eigenvalue weighted by Crippen LogP contribution is -2.46. The van der Waals surface area contributed by atoms with Crippen LogP contribution in [0.4, 0.5) is 0 Å². The van der Waals surface area contributed by atoms with Gasteiger partial charge in [-0.25, -0.2) is 9.36 Å². The summed E-state index contributed by atoms with van der Waals surface area (Å²) in [7, 11) is 0. The number of carbonyl (C=O) groups excluding carboxylic acids is 1. The average molecular weight is 304 g/mol. The molecular formula is C15H20N4O3. The molecule has 0 aliphatic heterocycles. The van der Waals surface area contributed by atoms with Gasteiger partial charge < -0.3 is 5.32 Å². The topological polar surface area (TPSA) is 96.9 Å². The summed E-state index contributed by atoms with van der Waals surface area (Å²) in [6, 6.07) is 1.76. The van der Waals surface area contributed by atoms with Crippen LogP contribution in [0, 0.1) is 17.2 Å². The van der Waals surface area contributed by atoms with Gasteiger partial charge in [0.15, 0.2) is 0 Å². The Kier molecular flexibility index (Phi) is 4.50. The summed E-state index contributed by atoms with van der Waals surface area (Å²) in [5.74, 6) is -0.160. The predicted molar refractivity (Wildman–Crippen MR) is 80.4 cm³/mol. The Morgan fingerprint density at radius 2 is 2.05 bits per heavy atom. The summed E-state index contributed by atoms with van der Waals surface area (Å²) in [4.78, 5) is 36.5. The Morgan fingerprint density at radius 1 is 1.41 bits per heavy atom. The number of carbonyl (C=O) groups is 1. The van der Waals surface area contributed by atoms with Crippen LogP contribution in [0.5, 0.6) is 0 Å². The third-order valence-corrected chi connectivity index (χ3v) is 3.95. The largest absolute Gasteiger partial charge is 0.352 e. The first-order valence-electron chi connectivity index (χ1n) is 7.40. The highest BCUT2D eigenvalue weighted by Crippen LogP contribution is 2.33. The van der Waals surface area contributed by atoms with Crippen LogP contribution in [0.25, 0.3) is 0 Å². The lowest BCUT2D eigenvalue weighted by atomic mass is 10.1. The summed E-state index contributed by atoms with van der Waals surface area (Å²) >= 11 is 0. The van der Waals surface area contributed by atoms with Crippen LogP contribution in [-0.4, -0.2) is 21.1 Å². The fraction of sp³-hybridized carbons (Fsp3) is 0.600. The van der Waals surface area contributed by atoms with Gasteiger partial charge in [-0.05, 0) is 25.7 Å². The van der Waals surface area contributed by atoms with Gasteiger partial charge in [-0.2, -0.15) is 5.26 Å². The van der Waals surface area contributed by atoms with E-state index in [0.717, 1.165) is 17.4 Å². The van der Waals surface area contributed by atoms with Crippen molar-refractivity contribution < 1.29 is 4.79 Å². The van der Waals surface area contributed by atoms with Gasteiger partial charge in [-0.1, -0.05) is 13.8 Å². The highest BCUT2D eigenvalue weighted by Gasteiger charge is 2.27. The van der Waals surface area contributed by atoms with Gasteiger partial charge in [-0.15, -0.1) is 0 Å². The maximum atomic E-state index is 12.3. The zero-order valence-corrected chi connectivity index (χ0v) is 13.0. The zero-order valence-electron chi connectivity index (χ0n) is 13.0. The summed E-state index contributed by atoms with van der Waals surface area (Å²) in [6.45, 7) is 5.43. The second-order valence-corrected chi connectivity index (χ2v) is 6.07. The van der Waals surface area contributed by atoms with Crippen LogP contribution in [0.3, 0.4) is 0 Å². The quantitative estimate of drug-likeness (QED) is 0.850. The van der Waals surface area contributed by atoms with Crippen molar-refractivity contribution in [3.63, 3.8) is 0 Å². The van der Waals surface area contributed by atoms with E-state index in [-0.39, 0.29) is 30.1 Å². The van der Waals surface area contributed by atoms with Gasteiger partial charge in [0.2, 0.25) is 5.91 Å². The van der Waals surface area contributed by atoms with E-state index in [1.807, 2.05) is 20.8 Å². The van der Waals surface area contributed by atoms with Crippen LogP contribution in [0.15, 0.2) is 15.8 Å². The molecule has 0 saturated heterocycles. The SMILES string of the molecule is CC(C)C(C)NC(=O)Cn1c(=O)c(C#N)cn(C2CC2)c1=O. The number of aromatic nitrogens is 2. The van der Waals surface area contributed by atoms with Crippen molar-refractivity contribution in [1.82, 2.24) is 14.5 Å². The normalized spacial score (nSPS) is 15.4.